The number of amides is 3. The molecular weight excluding hydrogens is 374 g/mol. The fourth-order valence-corrected chi connectivity index (χ4v) is 3.84. The third-order valence-corrected chi connectivity index (χ3v) is 5.50. The SMILES string of the molecule is Cc1ccc(C)c(-c2csc(NC(=O)c3ccc4c(c3)C(=O)N(C)C4=O)n2)c1. The Morgan fingerprint density at radius 3 is 2.54 bits per heavy atom. The molecule has 3 aromatic rings. The number of fused-ring (bicyclic) bond motifs is 1. The number of nitrogens with zero attached hydrogens (tertiary/aromatic N) is 2. The highest BCUT2D eigenvalue weighted by molar-refractivity contribution is 7.14. The van der Waals surface area contributed by atoms with Gasteiger partial charge in [0.2, 0.25) is 0 Å². The molecule has 0 unspecified atom stereocenters. The molecule has 0 saturated carbocycles. The number of carbonyl (C=O) groups is 3. The summed E-state index contributed by atoms with van der Waals surface area (Å²) in [6, 6.07) is 10.7. The highest BCUT2D eigenvalue weighted by Gasteiger charge is 2.33. The van der Waals surface area contributed by atoms with Gasteiger partial charge in [0.05, 0.1) is 16.8 Å². The van der Waals surface area contributed by atoms with Gasteiger partial charge in [-0.3, -0.25) is 24.6 Å². The van der Waals surface area contributed by atoms with Crippen LogP contribution in [0.2, 0.25) is 0 Å². The molecule has 0 fully saturated rings. The minimum atomic E-state index is -0.402. The van der Waals surface area contributed by atoms with Gasteiger partial charge >= 0.3 is 0 Å². The molecule has 0 spiro atoms. The molecule has 2 aromatic carbocycles. The standard InChI is InChI=1S/C21H17N3O3S/c1-11-4-5-12(2)15(8-11)17-10-28-21(22-17)23-18(25)13-6-7-14-16(9-13)20(27)24(3)19(14)26/h4-10H,1-3H3,(H,22,23,25). The molecule has 3 amide bonds. The van der Waals surface area contributed by atoms with E-state index in [2.05, 4.69) is 16.4 Å². The van der Waals surface area contributed by atoms with E-state index in [9.17, 15) is 14.4 Å². The number of aryl methyl sites for hydroxylation is 2. The molecule has 1 aromatic heterocycles. The third kappa shape index (κ3) is 2.99. The Bertz CT molecular complexity index is 1150. The summed E-state index contributed by atoms with van der Waals surface area (Å²) in [4.78, 5) is 42.2. The predicted octanol–water partition coefficient (Wildman–Crippen LogP) is 3.91. The van der Waals surface area contributed by atoms with Crippen molar-refractivity contribution in [1.82, 2.24) is 9.88 Å². The van der Waals surface area contributed by atoms with E-state index in [1.165, 1.54) is 36.6 Å². The van der Waals surface area contributed by atoms with E-state index in [1.807, 2.05) is 31.4 Å². The Morgan fingerprint density at radius 1 is 1.00 bits per heavy atom. The van der Waals surface area contributed by atoms with Crippen LogP contribution in [0, 0.1) is 13.8 Å². The van der Waals surface area contributed by atoms with Crippen LogP contribution in [-0.4, -0.2) is 34.7 Å². The van der Waals surface area contributed by atoms with Gasteiger partial charge in [-0.25, -0.2) is 4.98 Å². The average Bonchev–Trinajstić information content (AvgIpc) is 3.23. The Labute approximate surface area is 165 Å². The van der Waals surface area contributed by atoms with E-state index in [0.717, 1.165) is 27.3 Å². The van der Waals surface area contributed by atoms with E-state index in [0.29, 0.717) is 16.3 Å². The fourth-order valence-electron chi connectivity index (χ4n) is 3.14. The molecule has 7 heteroatoms. The van der Waals surface area contributed by atoms with Gasteiger partial charge in [-0.05, 0) is 43.7 Å². The number of carbonyl (C=O) groups excluding carboxylic acids is 3. The molecule has 0 bridgehead atoms. The molecule has 6 nitrogen and oxygen atoms in total. The highest BCUT2D eigenvalue weighted by atomic mass is 32.1. The van der Waals surface area contributed by atoms with Gasteiger partial charge in [0.1, 0.15) is 0 Å². The molecule has 0 saturated heterocycles. The van der Waals surface area contributed by atoms with Crippen molar-refractivity contribution in [1.29, 1.82) is 0 Å². The first-order valence-corrected chi connectivity index (χ1v) is 9.54. The van der Waals surface area contributed by atoms with Gasteiger partial charge < -0.3 is 0 Å². The molecule has 2 heterocycles. The van der Waals surface area contributed by atoms with E-state index in [4.69, 9.17) is 0 Å². The number of benzene rings is 2. The number of rotatable bonds is 3. The van der Waals surface area contributed by atoms with Gasteiger partial charge in [-0.15, -0.1) is 11.3 Å². The second-order valence-corrected chi connectivity index (χ2v) is 7.60. The van der Waals surface area contributed by atoms with Crippen LogP contribution in [0.1, 0.15) is 42.2 Å². The van der Waals surface area contributed by atoms with Crippen molar-refractivity contribution in [3.8, 4) is 11.3 Å². The van der Waals surface area contributed by atoms with E-state index in [-0.39, 0.29) is 17.4 Å². The zero-order valence-corrected chi connectivity index (χ0v) is 16.4. The number of nitrogens with one attached hydrogen (secondary N) is 1. The molecule has 0 atom stereocenters. The topological polar surface area (TPSA) is 79.4 Å². The summed E-state index contributed by atoms with van der Waals surface area (Å²) < 4.78 is 0. The third-order valence-electron chi connectivity index (χ3n) is 4.75. The quantitative estimate of drug-likeness (QED) is 0.687. The van der Waals surface area contributed by atoms with E-state index in [1.54, 1.807) is 0 Å². The van der Waals surface area contributed by atoms with Crippen LogP contribution in [0.5, 0.6) is 0 Å². The van der Waals surface area contributed by atoms with Gasteiger partial charge in [0, 0.05) is 23.6 Å². The molecular formula is C21H17N3O3S. The Kier molecular flexibility index (Phi) is 4.31. The Morgan fingerprint density at radius 2 is 1.75 bits per heavy atom. The van der Waals surface area contributed by atoms with E-state index >= 15 is 0 Å². The number of hydrogen-bond donors (Lipinski definition) is 1. The molecule has 140 valence electrons. The number of hydrogen-bond acceptors (Lipinski definition) is 5. The lowest BCUT2D eigenvalue weighted by Gasteiger charge is -2.05. The van der Waals surface area contributed by atoms with Crippen LogP contribution in [-0.2, 0) is 0 Å². The Hall–Kier alpha value is -3.32. The van der Waals surface area contributed by atoms with Crippen molar-refractivity contribution in [2.45, 2.75) is 13.8 Å². The smallest absolute Gasteiger partial charge is 0.261 e. The van der Waals surface area contributed by atoms with Crippen molar-refractivity contribution in [3.63, 3.8) is 0 Å². The fraction of sp³-hybridized carbons (Fsp3) is 0.143. The van der Waals surface area contributed by atoms with Crippen LogP contribution in [0.3, 0.4) is 0 Å². The van der Waals surface area contributed by atoms with Crippen LogP contribution in [0.15, 0.2) is 41.8 Å². The summed E-state index contributed by atoms with van der Waals surface area (Å²) in [5.41, 5.74) is 4.95. The minimum Gasteiger partial charge on any atom is -0.298 e. The first kappa shape index (κ1) is 18.1. The van der Waals surface area contributed by atoms with Crippen LogP contribution in [0.4, 0.5) is 5.13 Å². The second kappa shape index (κ2) is 6.69. The lowest BCUT2D eigenvalue weighted by Crippen LogP contribution is -2.24. The van der Waals surface area contributed by atoms with Crippen molar-refractivity contribution in [2.75, 3.05) is 12.4 Å². The number of imide groups is 1. The lowest BCUT2D eigenvalue weighted by atomic mass is 10.0. The minimum absolute atomic E-state index is 0.246. The van der Waals surface area contributed by atoms with Crippen molar-refractivity contribution >= 4 is 34.2 Å². The molecule has 0 radical (unpaired) electrons. The maximum absolute atomic E-state index is 12.6. The molecule has 1 aliphatic rings. The van der Waals surface area contributed by atoms with Gasteiger partial charge in [-0.1, -0.05) is 17.7 Å². The number of anilines is 1. The summed E-state index contributed by atoms with van der Waals surface area (Å²) in [5, 5.41) is 5.14. The molecule has 0 aliphatic carbocycles. The first-order valence-electron chi connectivity index (χ1n) is 8.66. The summed E-state index contributed by atoms with van der Waals surface area (Å²) in [7, 11) is 1.43. The van der Waals surface area contributed by atoms with Gasteiger partial charge in [0.25, 0.3) is 17.7 Å². The van der Waals surface area contributed by atoms with Crippen LogP contribution in [0.25, 0.3) is 11.3 Å². The van der Waals surface area contributed by atoms with Crippen LogP contribution >= 0.6 is 11.3 Å². The summed E-state index contributed by atoms with van der Waals surface area (Å²) in [5.74, 6) is -1.13. The van der Waals surface area contributed by atoms with Gasteiger partial charge in [-0.2, -0.15) is 0 Å². The zero-order chi connectivity index (χ0) is 20.0. The first-order chi connectivity index (χ1) is 13.3. The molecule has 28 heavy (non-hydrogen) atoms. The number of thiazole rings is 1. The molecule has 1 N–H and O–H groups in total. The maximum Gasteiger partial charge on any atom is 0.261 e. The molecule has 4 rings (SSSR count). The summed E-state index contributed by atoms with van der Waals surface area (Å²) in [6.45, 7) is 4.04. The van der Waals surface area contributed by atoms with Crippen molar-refractivity contribution in [3.05, 3.63) is 69.6 Å². The Balaban J connectivity index is 1.57. The average molecular weight is 391 g/mol. The van der Waals surface area contributed by atoms with Crippen molar-refractivity contribution < 1.29 is 14.4 Å². The maximum atomic E-state index is 12.6. The van der Waals surface area contributed by atoms with Crippen LogP contribution < -0.4 is 5.32 Å². The summed E-state index contributed by atoms with van der Waals surface area (Å²) >= 11 is 1.34. The largest absolute Gasteiger partial charge is 0.298 e. The van der Waals surface area contributed by atoms with E-state index < -0.39 is 5.91 Å². The molecule has 1 aliphatic heterocycles. The highest BCUT2D eigenvalue weighted by Crippen LogP contribution is 2.29. The monoisotopic (exact) mass is 391 g/mol. The zero-order valence-electron chi connectivity index (χ0n) is 15.6. The predicted molar refractivity (Wildman–Crippen MR) is 108 cm³/mol. The normalized spacial score (nSPS) is 13.0. The second-order valence-electron chi connectivity index (χ2n) is 6.74. The summed E-state index contributed by atoms with van der Waals surface area (Å²) in [6.07, 6.45) is 0. The van der Waals surface area contributed by atoms with Gasteiger partial charge in [0.15, 0.2) is 5.13 Å². The lowest BCUT2D eigenvalue weighted by molar-refractivity contribution is 0.0693. The van der Waals surface area contributed by atoms with Crippen molar-refractivity contribution in [2.24, 2.45) is 0 Å². The number of aromatic nitrogens is 1.